The number of hydrogen-bond donors (Lipinski definition) is 4. The Hall–Kier alpha value is -1.93. The molecule has 2 amide bonds. The van der Waals surface area contributed by atoms with Crippen LogP contribution in [-0.4, -0.2) is 40.3 Å². The number of hydrogen-bond acceptors (Lipinski definition) is 3. The van der Waals surface area contributed by atoms with Crippen LogP contribution in [0.25, 0.3) is 0 Å². The standard InChI is InChI=1S/C30H41ClF2N2O4/c1-16-8-9-29(20(13-36)17(16)2,35-25(39)34-28-11-10-27(14-28,15-28)24(37)38)18-6-7-19(21(31)12-18)22-23(26(3,4)5)30(22,32)33/h6-7,12,16-17,20,22-23,36H,8-11,13-15H2,1-5H3,(H,37,38)(H2,34,35,39)/t16-,17+,20?,22?,23?,27?,28?,29?/m0/s1. The van der Waals surface area contributed by atoms with Gasteiger partial charge in [0.15, 0.2) is 0 Å². The maximum atomic E-state index is 14.9. The Bertz CT molecular complexity index is 1180. The number of urea groups is 1. The van der Waals surface area contributed by atoms with E-state index in [0.717, 1.165) is 6.42 Å². The van der Waals surface area contributed by atoms with Crippen LogP contribution in [-0.2, 0) is 10.3 Å². The molecule has 5 saturated carbocycles. The first-order valence-corrected chi connectivity index (χ1v) is 14.5. The van der Waals surface area contributed by atoms with E-state index in [9.17, 15) is 28.6 Å². The number of aliphatic hydroxyl groups is 1. The Morgan fingerprint density at radius 1 is 1.10 bits per heavy atom. The van der Waals surface area contributed by atoms with E-state index in [4.69, 9.17) is 11.6 Å². The molecular formula is C30H41ClF2N2O4. The molecule has 5 fully saturated rings. The predicted molar refractivity (Wildman–Crippen MR) is 145 cm³/mol. The first-order valence-electron chi connectivity index (χ1n) is 14.1. The lowest BCUT2D eigenvalue weighted by atomic mass is 9.61. The third-order valence-corrected chi connectivity index (χ3v) is 11.1. The summed E-state index contributed by atoms with van der Waals surface area (Å²) in [6, 6.07) is 4.75. The van der Waals surface area contributed by atoms with E-state index in [0.29, 0.717) is 49.1 Å². The zero-order chi connectivity index (χ0) is 28.8. The second-order valence-corrected chi connectivity index (χ2v) is 14.6. The molecule has 2 bridgehead atoms. The van der Waals surface area contributed by atoms with E-state index in [1.807, 2.05) is 20.8 Å². The molecule has 0 aliphatic heterocycles. The molecule has 6 rings (SSSR count). The van der Waals surface area contributed by atoms with Gasteiger partial charge in [-0.25, -0.2) is 13.6 Å². The maximum absolute atomic E-state index is 14.9. The van der Waals surface area contributed by atoms with Gasteiger partial charge in [0, 0.05) is 29.0 Å². The third kappa shape index (κ3) is 4.35. The van der Waals surface area contributed by atoms with E-state index in [-0.39, 0.29) is 23.5 Å². The summed E-state index contributed by atoms with van der Waals surface area (Å²) in [6.07, 6.45) is 3.34. The van der Waals surface area contributed by atoms with Crippen LogP contribution in [0.15, 0.2) is 18.2 Å². The average Bonchev–Trinajstić information content (AvgIpc) is 3.08. The van der Waals surface area contributed by atoms with Gasteiger partial charge in [-0.2, -0.15) is 0 Å². The summed E-state index contributed by atoms with van der Waals surface area (Å²) in [6.45, 7) is 9.48. The van der Waals surface area contributed by atoms with Crippen molar-refractivity contribution in [3.63, 3.8) is 0 Å². The fourth-order valence-electron chi connectivity index (χ4n) is 8.46. The minimum absolute atomic E-state index is 0.0774. The normalized spacial score (nSPS) is 40.5. The molecule has 0 aromatic heterocycles. The molecule has 0 spiro atoms. The van der Waals surface area contributed by atoms with Crippen LogP contribution in [0.5, 0.6) is 0 Å². The number of alkyl halides is 2. The van der Waals surface area contributed by atoms with Gasteiger partial charge in [0.05, 0.1) is 16.9 Å². The van der Waals surface area contributed by atoms with Crippen LogP contribution in [0.1, 0.15) is 90.2 Å². The minimum Gasteiger partial charge on any atom is -0.481 e. The quantitative estimate of drug-likeness (QED) is 0.325. The summed E-state index contributed by atoms with van der Waals surface area (Å²) < 4.78 is 29.7. The Kier molecular flexibility index (Phi) is 6.62. The van der Waals surface area contributed by atoms with Crippen LogP contribution < -0.4 is 10.6 Å². The first-order chi connectivity index (χ1) is 18.0. The molecule has 1 aromatic rings. The molecular weight excluding hydrogens is 526 g/mol. The number of aliphatic carboxylic acids is 1. The number of carboxylic acids is 1. The summed E-state index contributed by atoms with van der Waals surface area (Å²) in [4.78, 5) is 25.2. The molecule has 216 valence electrons. The summed E-state index contributed by atoms with van der Waals surface area (Å²) in [5, 5.41) is 26.7. The smallest absolute Gasteiger partial charge is 0.315 e. The molecule has 5 aliphatic rings. The molecule has 0 radical (unpaired) electrons. The number of aliphatic hydroxyl groups excluding tert-OH is 1. The zero-order valence-corrected chi connectivity index (χ0v) is 24.2. The van der Waals surface area contributed by atoms with Gasteiger partial charge in [-0.3, -0.25) is 4.79 Å². The Labute approximate surface area is 234 Å². The van der Waals surface area contributed by atoms with Crippen LogP contribution >= 0.6 is 11.6 Å². The van der Waals surface area contributed by atoms with E-state index < -0.39 is 51.7 Å². The summed E-state index contributed by atoms with van der Waals surface area (Å²) in [5.74, 6) is -5.33. The topological polar surface area (TPSA) is 98.7 Å². The van der Waals surface area contributed by atoms with Gasteiger partial charge in [0.2, 0.25) is 0 Å². The lowest BCUT2D eigenvalue weighted by Gasteiger charge is -2.51. The highest BCUT2D eigenvalue weighted by molar-refractivity contribution is 6.31. The van der Waals surface area contributed by atoms with E-state index in [2.05, 4.69) is 24.5 Å². The van der Waals surface area contributed by atoms with Gasteiger partial charge in [0.1, 0.15) is 0 Å². The van der Waals surface area contributed by atoms with Crippen LogP contribution in [0.4, 0.5) is 13.6 Å². The van der Waals surface area contributed by atoms with Crippen LogP contribution in [0.2, 0.25) is 5.02 Å². The van der Waals surface area contributed by atoms with Crippen molar-refractivity contribution in [2.75, 3.05) is 6.61 Å². The maximum Gasteiger partial charge on any atom is 0.315 e. The number of carbonyl (C=O) groups excluding carboxylic acids is 1. The molecule has 4 N–H and O–H groups in total. The van der Waals surface area contributed by atoms with Crippen molar-refractivity contribution in [1.82, 2.24) is 10.6 Å². The molecule has 4 unspecified atom stereocenters. The number of benzene rings is 1. The summed E-state index contributed by atoms with van der Waals surface area (Å²) in [7, 11) is 0. The Morgan fingerprint density at radius 3 is 2.28 bits per heavy atom. The number of rotatable bonds is 6. The van der Waals surface area contributed by atoms with Gasteiger partial charge in [-0.05, 0) is 73.0 Å². The van der Waals surface area contributed by atoms with Crippen molar-refractivity contribution in [1.29, 1.82) is 0 Å². The van der Waals surface area contributed by atoms with E-state index >= 15 is 0 Å². The summed E-state index contributed by atoms with van der Waals surface area (Å²) in [5.41, 5.74) is -1.71. The van der Waals surface area contributed by atoms with Crippen molar-refractivity contribution in [3.8, 4) is 0 Å². The number of halogens is 3. The van der Waals surface area contributed by atoms with Crippen molar-refractivity contribution < 1.29 is 28.6 Å². The average molecular weight is 567 g/mol. The molecule has 5 aliphatic carbocycles. The lowest BCUT2D eigenvalue weighted by molar-refractivity contribution is -0.154. The van der Waals surface area contributed by atoms with Gasteiger partial charge in [-0.15, -0.1) is 0 Å². The highest BCUT2D eigenvalue weighted by atomic mass is 35.5. The fourth-order valence-corrected chi connectivity index (χ4v) is 8.76. The van der Waals surface area contributed by atoms with Crippen LogP contribution in [0.3, 0.4) is 0 Å². The van der Waals surface area contributed by atoms with Crippen molar-refractivity contribution in [2.24, 2.45) is 34.5 Å². The molecule has 0 heterocycles. The van der Waals surface area contributed by atoms with E-state index in [1.165, 1.54) is 0 Å². The number of amides is 2. The third-order valence-electron chi connectivity index (χ3n) is 10.8. The zero-order valence-electron chi connectivity index (χ0n) is 23.4. The highest BCUT2D eigenvalue weighted by Gasteiger charge is 2.72. The molecule has 9 heteroatoms. The van der Waals surface area contributed by atoms with Gasteiger partial charge in [0.25, 0.3) is 5.92 Å². The second kappa shape index (κ2) is 9.04. The Balaban J connectivity index is 1.45. The van der Waals surface area contributed by atoms with Gasteiger partial charge >= 0.3 is 12.0 Å². The van der Waals surface area contributed by atoms with Gasteiger partial charge in [-0.1, -0.05) is 58.4 Å². The number of nitrogens with one attached hydrogen (secondary N) is 2. The largest absolute Gasteiger partial charge is 0.481 e. The van der Waals surface area contributed by atoms with Crippen molar-refractivity contribution in [3.05, 3.63) is 34.3 Å². The molecule has 0 saturated heterocycles. The Morgan fingerprint density at radius 2 is 1.77 bits per heavy atom. The first kappa shape index (κ1) is 28.6. The predicted octanol–water partition coefficient (Wildman–Crippen LogP) is 6.30. The second-order valence-electron chi connectivity index (χ2n) is 14.2. The number of fused-ring (bicyclic) bond motifs is 1. The highest BCUT2D eigenvalue weighted by Crippen LogP contribution is 2.69. The van der Waals surface area contributed by atoms with Crippen molar-refractivity contribution >= 4 is 23.6 Å². The fraction of sp³-hybridized carbons (Fsp3) is 0.733. The number of carbonyl (C=O) groups is 2. The monoisotopic (exact) mass is 566 g/mol. The molecule has 6 nitrogen and oxygen atoms in total. The van der Waals surface area contributed by atoms with E-state index in [1.54, 1.807) is 18.2 Å². The summed E-state index contributed by atoms with van der Waals surface area (Å²) >= 11 is 6.71. The number of carboxylic acid groups (broad SMARTS) is 1. The van der Waals surface area contributed by atoms with Gasteiger partial charge < -0.3 is 20.8 Å². The minimum atomic E-state index is -2.84. The van der Waals surface area contributed by atoms with Crippen molar-refractivity contribution in [2.45, 2.75) is 96.1 Å². The van der Waals surface area contributed by atoms with Crippen LogP contribution in [0, 0.1) is 34.5 Å². The molecule has 1 aromatic carbocycles. The lowest BCUT2D eigenvalue weighted by Crippen LogP contribution is -2.64. The SMILES string of the molecule is C[C@H]1CCC(NC(=O)NC23CCC(C(=O)O)(C2)C3)(c2ccc(C3C(C(C)(C)C)C3(F)F)c(Cl)c2)C(CO)[C@@H]1C. The molecule has 39 heavy (non-hydrogen) atoms. The molecule has 6 atom stereocenters.